The van der Waals surface area contributed by atoms with E-state index in [0.29, 0.717) is 0 Å². The molecule has 0 aliphatic heterocycles. The number of hydrogen-bond acceptors (Lipinski definition) is 2. The summed E-state index contributed by atoms with van der Waals surface area (Å²) in [5.41, 5.74) is 3.99. The van der Waals surface area contributed by atoms with Gasteiger partial charge < -0.3 is 10.2 Å². The Bertz CT molecular complexity index is 540. The molecule has 3 nitrogen and oxygen atoms in total. The summed E-state index contributed by atoms with van der Waals surface area (Å²) >= 11 is 0. The Morgan fingerprint density at radius 1 is 1.35 bits per heavy atom. The fourth-order valence-corrected chi connectivity index (χ4v) is 2.22. The number of hydrogen-bond donors (Lipinski definition) is 2. The number of rotatable bonds is 4. The zero-order valence-corrected chi connectivity index (χ0v) is 10.3. The molecule has 1 aromatic heterocycles. The fraction of sp³-hybridized carbons (Fsp3) is 0.357. The molecule has 0 amide bonds. The van der Waals surface area contributed by atoms with Gasteiger partial charge in [0.2, 0.25) is 0 Å². The van der Waals surface area contributed by atoms with E-state index >= 15 is 0 Å². The summed E-state index contributed by atoms with van der Waals surface area (Å²) in [7, 11) is 0. The molecule has 0 unspecified atom stereocenters. The number of oxime groups is 1. The summed E-state index contributed by atoms with van der Waals surface area (Å²) in [5.74, 6) is 0. The Hall–Kier alpha value is -1.77. The van der Waals surface area contributed by atoms with Crippen molar-refractivity contribution in [2.75, 3.05) is 0 Å². The van der Waals surface area contributed by atoms with Gasteiger partial charge in [-0.2, -0.15) is 0 Å². The van der Waals surface area contributed by atoms with E-state index in [9.17, 15) is 5.21 Å². The maximum absolute atomic E-state index is 9.18. The summed E-state index contributed by atoms with van der Waals surface area (Å²) in [6.45, 7) is 4.16. The van der Waals surface area contributed by atoms with Crippen LogP contribution in [0.3, 0.4) is 0 Å². The van der Waals surface area contributed by atoms with Crippen molar-refractivity contribution in [3.63, 3.8) is 0 Å². The Morgan fingerprint density at radius 2 is 2.12 bits per heavy atom. The molecule has 2 N–H and O–H groups in total. The monoisotopic (exact) mass is 230 g/mol. The molecule has 0 radical (unpaired) electrons. The Morgan fingerprint density at radius 3 is 2.82 bits per heavy atom. The van der Waals surface area contributed by atoms with Crippen molar-refractivity contribution in [2.45, 2.75) is 33.1 Å². The number of fused-ring (bicyclic) bond motifs is 1. The van der Waals surface area contributed by atoms with Crippen molar-refractivity contribution >= 4 is 16.6 Å². The van der Waals surface area contributed by atoms with E-state index in [1.807, 2.05) is 25.1 Å². The number of nitrogens with one attached hydrogen (secondary N) is 1. The lowest BCUT2D eigenvalue weighted by Gasteiger charge is -2.04. The van der Waals surface area contributed by atoms with Crippen LogP contribution in [0.5, 0.6) is 0 Å². The van der Waals surface area contributed by atoms with Gasteiger partial charge >= 0.3 is 0 Å². The Balaban J connectivity index is 2.49. The lowest BCUT2D eigenvalue weighted by molar-refractivity contribution is 0.318. The molecule has 90 valence electrons. The molecule has 1 aromatic carbocycles. The van der Waals surface area contributed by atoms with E-state index in [0.717, 1.165) is 47.1 Å². The zero-order valence-electron chi connectivity index (χ0n) is 10.3. The second-order valence-electron chi connectivity index (χ2n) is 4.32. The topological polar surface area (TPSA) is 48.4 Å². The van der Waals surface area contributed by atoms with Crippen LogP contribution in [0.1, 0.15) is 37.4 Å². The largest absolute Gasteiger partial charge is 0.411 e. The van der Waals surface area contributed by atoms with E-state index in [-0.39, 0.29) is 0 Å². The van der Waals surface area contributed by atoms with Crippen LogP contribution >= 0.6 is 0 Å². The van der Waals surface area contributed by atoms with Crippen LogP contribution in [0, 0.1) is 6.92 Å². The molecule has 17 heavy (non-hydrogen) atoms. The molecule has 2 rings (SSSR count). The number of aryl methyl sites for hydroxylation is 1. The Kier molecular flexibility index (Phi) is 3.47. The van der Waals surface area contributed by atoms with Crippen LogP contribution in [0.25, 0.3) is 10.9 Å². The first kappa shape index (κ1) is 11.7. The van der Waals surface area contributed by atoms with Gasteiger partial charge in [0.1, 0.15) is 0 Å². The van der Waals surface area contributed by atoms with Crippen molar-refractivity contribution in [2.24, 2.45) is 5.16 Å². The average Bonchev–Trinajstić information content (AvgIpc) is 2.67. The summed E-state index contributed by atoms with van der Waals surface area (Å²) in [4.78, 5) is 3.33. The predicted molar refractivity (Wildman–Crippen MR) is 70.9 cm³/mol. The van der Waals surface area contributed by atoms with E-state index < -0.39 is 0 Å². The summed E-state index contributed by atoms with van der Waals surface area (Å²) in [6, 6.07) is 8.11. The van der Waals surface area contributed by atoms with Crippen LogP contribution in [-0.4, -0.2) is 15.9 Å². The molecule has 0 aliphatic rings. The molecule has 0 bridgehead atoms. The lowest BCUT2D eigenvalue weighted by Crippen LogP contribution is -2.02. The van der Waals surface area contributed by atoms with Crippen LogP contribution in [-0.2, 0) is 0 Å². The minimum Gasteiger partial charge on any atom is -0.411 e. The molecule has 1 heterocycles. The first-order valence-corrected chi connectivity index (χ1v) is 6.06. The molecule has 0 fully saturated rings. The van der Waals surface area contributed by atoms with Crippen molar-refractivity contribution < 1.29 is 5.21 Å². The van der Waals surface area contributed by atoms with E-state index in [1.165, 1.54) is 0 Å². The van der Waals surface area contributed by atoms with Gasteiger partial charge in [0.15, 0.2) is 0 Å². The normalized spacial score (nSPS) is 12.2. The number of unbranched alkanes of at least 4 members (excludes halogenated alkanes) is 1. The van der Waals surface area contributed by atoms with Gasteiger partial charge in [0, 0.05) is 22.2 Å². The molecule has 0 atom stereocenters. The predicted octanol–water partition coefficient (Wildman–Crippen LogP) is 3.84. The molecule has 2 aromatic rings. The van der Waals surface area contributed by atoms with Crippen molar-refractivity contribution in [3.8, 4) is 0 Å². The van der Waals surface area contributed by atoms with Gasteiger partial charge in [0.25, 0.3) is 0 Å². The van der Waals surface area contributed by atoms with Crippen LogP contribution in [0.2, 0.25) is 0 Å². The van der Waals surface area contributed by atoms with Gasteiger partial charge in [-0.3, -0.25) is 0 Å². The van der Waals surface area contributed by atoms with E-state index in [1.54, 1.807) is 0 Å². The number of para-hydroxylation sites is 1. The third kappa shape index (κ3) is 2.18. The van der Waals surface area contributed by atoms with Crippen LogP contribution in [0.15, 0.2) is 29.4 Å². The minimum atomic E-state index is 0.779. The average molecular weight is 230 g/mol. The van der Waals surface area contributed by atoms with Crippen LogP contribution < -0.4 is 0 Å². The minimum absolute atomic E-state index is 0.779. The molecular weight excluding hydrogens is 212 g/mol. The highest BCUT2D eigenvalue weighted by Crippen LogP contribution is 2.24. The first-order valence-electron chi connectivity index (χ1n) is 6.06. The highest BCUT2D eigenvalue weighted by Gasteiger charge is 2.13. The number of benzene rings is 1. The maximum Gasteiger partial charge on any atom is 0.0891 e. The molecular formula is C14H18N2O. The molecule has 3 heteroatoms. The Labute approximate surface area is 101 Å². The van der Waals surface area contributed by atoms with Gasteiger partial charge in [-0.25, -0.2) is 0 Å². The van der Waals surface area contributed by atoms with Gasteiger partial charge in [-0.05, 0) is 25.8 Å². The molecule has 0 saturated heterocycles. The summed E-state index contributed by atoms with van der Waals surface area (Å²) in [5, 5.41) is 13.8. The number of nitrogens with zero attached hydrogens (tertiary/aromatic N) is 1. The van der Waals surface area contributed by atoms with E-state index in [2.05, 4.69) is 23.1 Å². The van der Waals surface area contributed by atoms with Gasteiger partial charge in [0.05, 0.1) is 5.71 Å². The number of H-pyrrole nitrogens is 1. The smallest absolute Gasteiger partial charge is 0.0891 e. The third-order valence-electron chi connectivity index (χ3n) is 3.07. The van der Waals surface area contributed by atoms with Crippen molar-refractivity contribution in [1.82, 2.24) is 4.98 Å². The van der Waals surface area contributed by atoms with Crippen LogP contribution in [0.4, 0.5) is 0 Å². The first-order chi connectivity index (χ1) is 8.27. The number of aromatic amines is 1. The van der Waals surface area contributed by atoms with Crippen molar-refractivity contribution in [1.29, 1.82) is 0 Å². The second kappa shape index (κ2) is 5.04. The highest BCUT2D eigenvalue weighted by molar-refractivity contribution is 6.11. The standard InChI is InChI=1S/C14H18N2O/c1-3-4-8-13(16-17)14-10(2)15-12-9-6-5-7-11(12)14/h5-7,9,15,17H,3-4,8H2,1-2H3. The molecule has 0 spiro atoms. The fourth-order valence-electron chi connectivity index (χ4n) is 2.22. The molecule has 0 saturated carbocycles. The quantitative estimate of drug-likeness (QED) is 0.468. The lowest BCUT2D eigenvalue weighted by atomic mass is 10.0. The summed E-state index contributed by atoms with van der Waals surface area (Å²) < 4.78 is 0. The van der Waals surface area contributed by atoms with Gasteiger partial charge in [-0.15, -0.1) is 0 Å². The third-order valence-corrected chi connectivity index (χ3v) is 3.07. The van der Waals surface area contributed by atoms with Gasteiger partial charge in [-0.1, -0.05) is 36.7 Å². The highest BCUT2D eigenvalue weighted by atomic mass is 16.4. The SMILES string of the molecule is CCCCC(=NO)c1c(C)[nH]c2ccccc12. The zero-order chi connectivity index (χ0) is 12.3. The number of aromatic nitrogens is 1. The second-order valence-corrected chi connectivity index (χ2v) is 4.32. The van der Waals surface area contributed by atoms with E-state index in [4.69, 9.17) is 0 Å². The summed E-state index contributed by atoms with van der Waals surface area (Å²) in [6.07, 6.45) is 2.95. The maximum atomic E-state index is 9.18. The molecule has 0 aliphatic carbocycles. The van der Waals surface area contributed by atoms with Crippen molar-refractivity contribution in [3.05, 3.63) is 35.5 Å².